The first kappa shape index (κ1) is 13.9. The fourth-order valence-corrected chi connectivity index (χ4v) is 3.80. The molecule has 0 heterocycles. The van der Waals surface area contributed by atoms with Gasteiger partial charge in [-0.25, -0.2) is 8.42 Å². The molecule has 0 unspecified atom stereocenters. The maximum absolute atomic E-state index is 12.1. The van der Waals surface area contributed by atoms with Crippen molar-refractivity contribution in [3.8, 4) is 0 Å². The maximum Gasteiger partial charge on any atom is 0.233 e. The molecule has 0 bridgehead atoms. The lowest BCUT2D eigenvalue weighted by Crippen LogP contribution is -2.28. The van der Waals surface area contributed by atoms with Crippen LogP contribution in [0, 0.1) is 0 Å². The molecular formula is C15H22N2O2S. The summed E-state index contributed by atoms with van der Waals surface area (Å²) in [5.41, 5.74) is 3.28. The zero-order valence-corrected chi connectivity index (χ0v) is 12.5. The van der Waals surface area contributed by atoms with Crippen molar-refractivity contribution in [3.63, 3.8) is 0 Å². The molecule has 1 aromatic rings. The number of anilines is 1. The van der Waals surface area contributed by atoms with Gasteiger partial charge in [0.25, 0.3) is 0 Å². The van der Waals surface area contributed by atoms with Crippen LogP contribution in [0.5, 0.6) is 0 Å². The van der Waals surface area contributed by atoms with Crippen LogP contribution in [0.4, 0.5) is 5.69 Å². The summed E-state index contributed by atoms with van der Waals surface area (Å²) in [5, 5.41) is 3.24. The van der Waals surface area contributed by atoms with Crippen LogP contribution >= 0.6 is 0 Å². The molecule has 0 aliphatic heterocycles. The van der Waals surface area contributed by atoms with E-state index < -0.39 is 10.0 Å². The summed E-state index contributed by atoms with van der Waals surface area (Å²) in [6, 6.07) is 6.50. The number of hydrogen-bond donors (Lipinski definition) is 2. The van der Waals surface area contributed by atoms with Crippen LogP contribution in [-0.4, -0.2) is 26.8 Å². The van der Waals surface area contributed by atoms with Gasteiger partial charge in [-0.15, -0.1) is 0 Å². The molecule has 2 aliphatic carbocycles. The highest BCUT2D eigenvalue weighted by Crippen LogP contribution is 2.28. The molecular weight excluding hydrogens is 272 g/mol. The zero-order chi connectivity index (χ0) is 14.0. The highest BCUT2D eigenvalue weighted by molar-refractivity contribution is 7.92. The Morgan fingerprint density at radius 1 is 1.15 bits per heavy atom. The molecule has 2 N–H and O–H groups in total. The van der Waals surface area contributed by atoms with Crippen molar-refractivity contribution in [3.05, 3.63) is 29.3 Å². The van der Waals surface area contributed by atoms with Gasteiger partial charge in [0, 0.05) is 12.6 Å². The average molecular weight is 294 g/mol. The molecule has 0 aromatic heterocycles. The predicted molar refractivity (Wildman–Crippen MR) is 81.5 cm³/mol. The van der Waals surface area contributed by atoms with Gasteiger partial charge >= 0.3 is 0 Å². The van der Waals surface area contributed by atoms with E-state index in [-0.39, 0.29) is 5.75 Å². The van der Waals surface area contributed by atoms with Gasteiger partial charge in [0.1, 0.15) is 0 Å². The minimum Gasteiger partial charge on any atom is -0.313 e. The quantitative estimate of drug-likeness (QED) is 0.844. The summed E-state index contributed by atoms with van der Waals surface area (Å²) in [5.74, 6) is 0.146. The minimum atomic E-state index is -3.25. The van der Waals surface area contributed by atoms with E-state index in [1.165, 1.54) is 30.4 Å². The van der Waals surface area contributed by atoms with Crippen molar-refractivity contribution in [2.75, 3.05) is 17.0 Å². The fraction of sp³-hybridized carbons (Fsp3) is 0.600. The van der Waals surface area contributed by atoms with Gasteiger partial charge in [-0.2, -0.15) is 0 Å². The fourth-order valence-electron chi connectivity index (χ4n) is 2.78. The number of rotatable bonds is 6. The van der Waals surface area contributed by atoms with Crippen LogP contribution in [0.2, 0.25) is 0 Å². The lowest BCUT2D eigenvalue weighted by molar-refractivity contribution is 0.595. The van der Waals surface area contributed by atoms with E-state index in [0.29, 0.717) is 12.6 Å². The second-order valence-electron chi connectivity index (χ2n) is 5.80. The Morgan fingerprint density at radius 2 is 1.95 bits per heavy atom. The number of sulfonamides is 1. The van der Waals surface area contributed by atoms with Crippen LogP contribution in [0.3, 0.4) is 0 Å². The van der Waals surface area contributed by atoms with Crippen molar-refractivity contribution in [1.29, 1.82) is 0 Å². The number of nitrogens with one attached hydrogen (secondary N) is 2. The zero-order valence-electron chi connectivity index (χ0n) is 11.7. The molecule has 110 valence electrons. The second-order valence-corrected chi connectivity index (χ2v) is 7.64. The van der Waals surface area contributed by atoms with Crippen LogP contribution in [0.25, 0.3) is 0 Å². The Hall–Kier alpha value is -1.07. The Kier molecular flexibility index (Phi) is 3.98. The van der Waals surface area contributed by atoms with Crippen LogP contribution in [0.1, 0.15) is 36.8 Å². The van der Waals surface area contributed by atoms with Crippen molar-refractivity contribution >= 4 is 15.7 Å². The third-order valence-corrected chi connectivity index (χ3v) is 5.32. The molecule has 1 aromatic carbocycles. The van der Waals surface area contributed by atoms with Crippen molar-refractivity contribution in [2.45, 2.75) is 44.6 Å². The molecule has 0 radical (unpaired) electrons. The SMILES string of the molecule is O=S(=O)(CCNC1CC1)Nc1cccc2c1CCCC2. The van der Waals surface area contributed by atoms with E-state index in [1.54, 1.807) is 0 Å². The van der Waals surface area contributed by atoms with E-state index in [1.807, 2.05) is 12.1 Å². The third kappa shape index (κ3) is 3.52. The smallest absolute Gasteiger partial charge is 0.233 e. The highest BCUT2D eigenvalue weighted by Gasteiger charge is 2.22. The second kappa shape index (κ2) is 5.74. The molecule has 0 saturated heterocycles. The van der Waals surface area contributed by atoms with Crippen molar-refractivity contribution in [1.82, 2.24) is 5.32 Å². The van der Waals surface area contributed by atoms with Crippen LogP contribution in [-0.2, 0) is 22.9 Å². The van der Waals surface area contributed by atoms with Gasteiger partial charge in [0.15, 0.2) is 0 Å². The van der Waals surface area contributed by atoms with Gasteiger partial charge in [0.05, 0.1) is 11.4 Å². The summed E-state index contributed by atoms with van der Waals surface area (Å²) in [4.78, 5) is 0. The molecule has 3 rings (SSSR count). The standard InChI is InChI=1S/C15H22N2O2S/c18-20(19,11-10-16-13-8-9-13)17-15-7-3-5-12-4-1-2-6-14(12)15/h3,5,7,13,16-17H,1-2,4,6,8-11H2. The van der Waals surface area contributed by atoms with Crippen molar-refractivity contribution < 1.29 is 8.42 Å². The summed E-state index contributed by atoms with van der Waals surface area (Å²) in [7, 11) is -3.25. The lowest BCUT2D eigenvalue weighted by atomic mass is 9.91. The summed E-state index contributed by atoms with van der Waals surface area (Å²) in [6.07, 6.45) is 6.76. The normalized spacial score (nSPS) is 18.6. The molecule has 0 amide bonds. The third-order valence-electron chi connectivity index (χ3n) is 4.04. The topological polar surface area (TPSA) is 58.2 Å². The number of fused-ring (bicyclic) bond motifs is 1. The summed E-state index contributed by atoms with van der Waals surface area (Å²) >= 11 is 0. The molecule has 0 spiro atoms. The molecule has 2 aliphatic rings. The first-order valence-corrected chi connectivity index (χ1v) is 9.14. The van der Waals surface area contributed by atoms with Gasteiger partial charge < -0.3 is 5.32 Å². The predicted octanol–water partition coefficient (Wildman–Crippen LogP) is 2.06. The monoisotopic (exact) mass is 294 g/mol. The number of aryl methyl sites for hydroxylation is 1. The van der Waals surface area contributed by atoms with E-state index in [2.05, 4.69) is 16.1 Å². The Morgan fingerprint density at radius 3 is 2.75 bits per heavy atom. The Balaban J connectivity index is 1.66. The average Bonchev–Trinajstić information content (AvgIpc) is 3.23. The van der Waals surface area contributed by atoms with Crippen LogP contribution < -0.4 is 10.0 Å². The van der Waals surface area contributed by atoms with Gasteiger partial charge in [-0.1, -0.05) is 12.1 Å². The Labute approximate surface area is 121 Å². The summed E-state index contributed by atoms with van der Waals surface area (Å²) < 4.78 is 27.0. The molecule has 20 heavy (non-hydrogen) atoms. The van der Waals surface area contributed by atoms with Gasteiger partial charge in [-0.05, 0) is 55.7 Å². The number of hydrogen-bond acceptors (Lipinski definition) is 3. The Bertz CT molecular complexity index is 580. The van der Waals surface area contributed by atoms with E-state index >= 15 is 0 Å². The molecule has 0 atom stereocenters. The molecule has 5 heteroatoms. The van der Waals surface area contributed by atoms with E-state index in [0.717, 1.165) is 24.9 Å². The van der Waals surface area contributed by atoms with Gasteiger partial charge in [0.2, 0.25) is 10.0 Å². The highest BCUT2D eigenvalue weighted by atomic mass is 32.2. The number of benzene rings is 1. The first-order valence-electron chi connectivity index (χ1n) is 7.49. The summed E-state index contributed by atoms with van der Waals surface area (Å²) in [6.45, 7) is 0.537. The maximum atomic E-state index is 12.1. The lowest BCUT2D eigenvalue weighted by Gasteiger charge is -2.20. The molecule has 4 nitrogen and oxygen atoms in total. The molecule has 1 fully saturated rings. The van der Waals surface area contributed by atoms with Crippen LogP contribution in [0.15, 0.2) is 18.2 Å². The van der Waals surface area contributed by atoms with Crippen molar-refractivity contribution in [2.24, 2.45) is 0 Å². The minimum absolute atomic E-state index is 0.146. The van der Waals surface area contributed by atoms with E-state index in [4.69, 9.17) is 0 Å². The first-order chi connectivity index (χ1) is 9.64. The molecule has 1 saturated carbocycles. The van der Waals surface area contributed by atoms with E-state index in [9.17, 15) is 8.42 Å². The largest absolute Gasteiger partial charge is 0.313 e. The van der Waals surface area contributed by atoms with Gasteiger partial charge in [-0.3, -0.25) is 4.72 Å².